The van der Waals surface area contributed by atoms with Crippen LogP contribution in [0.5, 0.6) is 0 Å². The molecular formula is C17H27N5S. The van der Waals surface area contributed by atoms with E-state index in [0.717, 1.165) is 30.4 Å². The Morgan fingerprint density at radius 1 is 1.30 bits per heavy atom. The van der Waals surface area contributed by atoms with Crippen molar-refractivity contribution < 1.29 is 0 Å². The van der Waals surface area contributed by atoms with Crippen LogP contribution in [0.3, 0.4) is 0 Å². The summed E-state index contributed by atoms with van der Waals surface area (Å²) in [4.78, 5) is 4.90. The number of hydrogen-bond acceptors (Lipinski definition) is 4. The number of aromatic nitrogens is 5. The van der Waals surface area contributed by atoms with Gasteiger partial charge < -0.3 is 0 Å². The highest BCUT2D eigenvalue weighted by molar-refractivity contribution is 7.98. The Morgan fingerprint density at radius 2 is 2.13 bits per heavy atom. The first-order valence-electron chi connectivity index (χ1n) is 8.69. The molecule has 0 amide bonds. The molecule has 1 fully saturated rings. The van der Waals surface area contributed by atoms with Crippen molar-refractivity contribution in [2.45, 2.75) is 64.0 Å². The fourth-order valence-corrected chi connectivity index (χ4v) is 3.77. The van der Waals surface area contributed by atoms with E-state index >= 15 is 0 Å². The summed E-state index contributed by atoms with van der Waals surface area (Å²) >= 11 is 1.86. The Balaban J connectivity index is 1.81. The summed E-state index contributed by atoms with van der Waals surface area (Å²) in [5.74, 6) is 3.56. The minimum absolute atomic E-state index is 0.326. The van der Waals surface area contributed by atoms with Crippen LogP contribution in [0.25, 0.3) is 0 Å². The van der Waals surface area contributed by atoms with E-state index in [9.17, 15) is 0 Å². The summed E-state index contributed by atoms with van der Waals surface area (Å²) in [6.07, 6.45) is 13.4. The summed E-state index contributed by atoms with van der Waals surface area (Å²) < 4.78 is 4.25. The second-order valence-corrected chi connectivity index (χ2v) is 7.48. The molecule has 0 aliphatic heterocycles. The van der Waals surface area contributed by atoms with Gasteiger partial charge in [-0.2, -0.15) is 22.0 Å². The zero-order valence-corrected chi connectivity index (χ0v) is 15.0. The minimum Gasteiger partial charge on any atom is -0.272 e. The quantitative estimate of drug-likeness (QED) is 0.775. The second kappa shape index (κ2) is 7.99. The number of nitrogens with zero attached hydrogens (tertiary/aromatic N) is 5. The van der Waals surface area contributed by atoms with Gasteiger partial charge in [-0.15, -0.1) is 0 Å². The van der Waals surface area contributed by atoms with Gasteiger partial charge in [0.25, 0.3) is 0 Å². The molecule has 1 aliphatic carbocycles. The van der Waals surface area contributed by atoms with Crippen molar-refractivity contribution in [3.8, 4) is 0 Å². The topological polar surface area (TPSA) is 48.5 Å². The Morgan fingerprint density at radius 3 is 2.83 bits per heavy atom. The van der Waals surface area contributed by atoms with E-state index in [2.05, 4.69) is 23.0 Å². The Hall–Kier alpha value is -1.30. The molecule has 1 saturated carbocycles. The van der Waals surface area contributed by atoms with E-state index in [1.807, 2.05) is 34.9 Å². The SMILES string of the molecule is CSCCc1nc(C(C)Cn2cccn2)n(C2CCCCC2)n1. The van der Waals surface area contributed by atoms with Gasteiger partial charge in [0.1, 0.15) is 5.82 Å². The third-order valence-corrected chi connectivity index (χ3v) is 5.23. The molecule has 2 aromatic rings. The van der Waals surface area contributed by atoms with E-state index in [1.165, 1.54) is 32.1 Å². The molecule has 126 valence electrons. The highest BCUT2D eigenvalue weighted by Crippen LogP contribution is 2.30. The first-order chi connectivity index (χ1) is 11.3. The van der Waals surface area contributed by atoms with Crippen LogP contribution in [0.15, 0.2) is 18.5 Å². The van der Waals surface area contributed by atoms with Crippen molar-refractivity contribution in [3.05, 3.63) is 30.1 Å². The van der Waals surface area contributed by atoms with Crippen molar-refractivity contribution in [3.63, 3.8) is 0 Å². The van der Waals surface area contributed by atoms with Crippen LogP contribution in [0.1, 0.15) is 62.6 Å². The number of hydrogen-bond donors (Lipinski definition) is 0. The van der Waals surface area contributed by atoms with E-state index in [-0.39, 0.29) is 0 Å². The maximum atomic E-state index is 4.90. The lowest BCUT2D eigenvalue weighted by atomic mass is 9.95. The third-order valence-electron chi connectivity index (χ3n) is 4.61. The van der Waals surface area contributed by atoms with Crippen LogP contribution in [0, 0.1) is 0 Å². The Bertz CT molecular complexity index is 586. The molecule has 1 unspecified atom stereocenters. The maximum absolute atomic E-state index is 4.90. The van der Waals surface area contributed by atoms with Gasteiger partial charge in [-0.05, 0) is 25.2 Å². The monoisotopic (exact) mass is 333 g/mol. The van der Waals surface area contributed by atoms with Crippen LogP contribution in [-0.4, -0.2) is 36.6 Å². The molecule has 5 nitrogen and oxygen atoms in total. The van der Waals surface area contributed by atoms with E-state index in [4.69, 9.17) is 10.1 Å². The second-order valence-electron chi connectivity index (χ2n) is 6.49. The smallest absolute Gasteiger partial charge is 0.151 e. The Kier molecular flexibility index (Phi) is 5.75. The molecule has 23 heavy (non-hydrogen) atoms. The van der Waals surface area contributed by atoms with Crippen LogP contribution >= 0.6 is 11.8 Å². The summed E-state index contributed by atoms with van der Waals surface area (Å²) in [5, 5.41) is 9.22. The minimum atomic E-state index is 0.326. The van der Waals surface area contributed by atoms with Crippen molar-refractivity contribution in [1.29, 1.82) is 0 Å². The molecular weight excluding hydrogens is 306 g/mol. The Labute approximate surface area is 142 Å². The predicted molar refractivity (Wildman–Crippen MR) is 94.9 cm³/mol. The molecule has 2 heterocycles. The zero-order valence-electron chi connectivity index (χ0n) is 14.2. The van der Waals surface area contributed by atoms with Crippen molar-refractivity contribution in [2.24, 2.45) is 0 Å². The first kappa shape index (κ1) is 16.6. The lowest BCUT2D eigenvalue weighted by Gasteiger charge is -2.24. The van der Waals surface area contributed by atoms with Gasteiger partial charge in [0.05, 0.1) is 12.6 Å². The largest absolute Gasteiger partial charge is 0.272 e. The molecule has 0 N–H and O–H groups in total. The van der Waals surface area contributed by atoms with Gasteiger partial charge in [0.15, 0.2) is 5.82 Å². The predicted octanol–water partition coefficient (Wildman–Crippen LogP) is 3.69. The standard InChI is InChI=1S/C17H27N5S/c1-14(13-21-11-6-10-18-21)17-19-16(9-12-23-2)20-22(17)15-7-4-3-5-8-15/h6,10-11,14-15H,3-5,7-9,12-13H2,1-2H3. The van der Waals surface area contributed by atoms with Gasteiger partial charge in [0.2, 0.25) is 0 Å². The summed E-state index contributed by atoms with van der Waals surface area (Å²) in [7, 11) is 0. The summed E-state index contributed by atoms with van der Waals surface area (Å²) in [6, 6.07) is 2.51. The molecule has 6 heteroatoms. The number of thioether (sulfide) groups is 1. The van der Waals surface area contributed by atoms with E-state index in [1.54, 1.807) is 0 Å². The van der Waals surface area contributed by atoms with Crippen LogP contribution in [0.4, 0.5) is 0 Å². The fraction of sp³-hybridized carbons (Fsp3) is 0.706. The van der Waals surface area contributed by atoms with Crippen LogP contribution < -0.4 is 0 Å². The highest BCUT2D eigenvalue weighted by Gasteiger charge is 2.24. The summed E-state index contributed by atoms with van der Waals surface area (Å²) in [5.41, 5.74) is 0. The van der Waals surface area contributed by atoms with Gasteiger partial charge in [0, 0.05) is 30.5 Å². The van der Waals surface area contributed by atoms with Crippen molar-refractivity contribution in [1.82, 2.24) is 24.5 Å². The molecule has 0 spiro atoms. The van der Waals surface area contributed by atoms with Crippen molar-refractivity contribution >= 4 is 11.8 Å². The average Bonchev–Trinajstić information content (AvgIpc) is 3.23. The number of aryl methyl sites for hydroxylation is 1. The molecule has 2 aromatic heterocycles. The summed E-state index contributed by atoms with van der Waals surface area (Å²) in [6.45, 7) is 3.10. The zero-order chi connectivity index (χ0) is 16.1. The van der Waals surface area contributed by atoms with E-state index < -0.39 is 0 Å². The molecule has 0 aromatic carbocycles. The van der Waals surface area contributed by atoms with Gasteiger partial charge in [-0.3, -0.25) is 4.68 Å². The van der Waals surface area contributed by atoms with Gasteiger partial charge in [-0.25, -0.2) is 9.67 Å². The van der Waals surface area contributed by atoms with Crippen molar-refractivity contribution in [2.75, 3.05) is 12.0 Å². The third kappa shape index (κ3) is 4.16. The lowest BCUT2D eigenvalue weighted by Crippen LogP contribution is -2.20. The first-order valence-corrected chi connectivity index (χ1v) is 10.1. The van der Waals surface area contributed by atoms with E-state index in [0.29, 0.717) is 12.0 Å². The molecule has 1 aliphatic rings. The molecule has 0 saturated heterocycles. The maximum Gasteiger partial charge on any atom is 0.151 e. The number of rotatable bonds is 7. The normalized spacial score (nSPS) is 17.5. The molecule has 1 atom stereocenters. The molecule has 3 rings (SSSR count). The molecule has 0 radical (unpaired) electrons. The van der Waals surface area contributed by atoms with Crippen LogP contribution in [0.2, 0.25) is 0 Å². The molecule has 0 bridgehead atoms. The fourth-order valence-electron chi connectivity index (χ4n) is 3.38. The lowest BCUT2D eigenvalue weighted by molar-refractivity contribution is 0.312. The van der Waals surface area contributed by atoms with Crippen LogP contribution in [-0.2, 0) is 13.0 Å². The van der Waals surface area contributed by atoms with Gasteiger partial charge >= 0.3 is 0 Å². The highest BCUT2D eigenvalue weighted by atomic mass is 32.2. The van der Waals surface area contributed by atoms with Gasteiger partial charge in [-0.1, -0.05) is 26.2 Å². The average molecular weight is 334 g/mol.